The van der Waals surface area contributed by atoms with Gasteiger partial charge in [0.1, 0.15) is 5.82 Å². The van der Waals surface area contributed by atoms with Crippen molar-refractivity contribution in [3.8, 4) is 0 Å². The molecule has 1 saturated carbocycles. The van der Waals surface area contributed by atoms with Crippen molar-refractivity contribution in [1.29, 1.82) is 0 Å². The highest BCUT2D eigenvalue weighted by molar-refractivity contribution is 14.1. The average Bonchev–Trinajstić information content (AvgIpc) is 2.89. The molecule has 0 atom stereocenters. The monoisotopic (exact) mass is 320 g/mol. The van der Waals surface area contributed by atoms with Gasteiger partial charge in [0.05, 0.1) is 14.9 Å². The molecule has 0 unspecified atom stereocenters. The number of anilines is 2. The van der Waals surface area contributed by atoms with Gasteiger partial charge in [0.15, 0.2) is 0 Å². The summed E-state index contributed by atoms with van der Waals surface area (Å²) in [5.74, 6) is -0.215. The summed E-state index contributed by atoms with van der Waals surface area (Å²) in [6, 6.07) is 3.14. The SMILES string of the molecule is CC1(CNc2cc(F)c(I)cc2N)CC1. The third-order valence-electron chi connectivity index (χ3n) is 2.90. The highest BCUT2D eigenvalue weighted by atomic mass is 127. The molecule has 0 saturated heterocycles. The summed E-state index contributed by atoms with van der Waals surface area (Å²) >= 11 is 1.94. The van der Waals surface area contributed by atoms with Crippen molar-refractivity contribution in [1.82, 2.24) is 0 Å². The molecule has 2 rings (SSSR count). The van der Waals surface area contributed by atoms with E-state index in [2.05, 4.69) is 12.2 Å². The highest BCUT2D eigenvalue weighted by Crippen LogP contribution is 2.45. The van der Waals surface area contributed by atoms with Crippen molar-refractivity contribution in [3.63, 3.8) is 0 Å². The lowest BCUT2D eigenvalue weighted by Gasteiger charge is -2.13. The van der Waals surface area contributed by atoms with Crippen LogP contribution in [0.1, 0.15) is 19.8 Å². The van der Waals surface area contributed by atoms with Gasteiger partial charge in [-0.05, 0) is 46.9 Å². The summed E-state index contributed by atoms with van der Waals surface area (Å²) in [6.07, 6.45) is 2.49. The van der Waals surface area contributed by atoms with Gasteiger partial charge in [0.2, 0.25) is 0 Å². The van der Waals surface area contributed by atoms with Crippen LogP contribution in [0.3, 0.4) is 0 Å². The van der Waals surface area contributed by atoms with Crippen molar-refractivity contribution in [2.24, 2.45) is 5.41 Å². The third-order valence-corrected chi connectivity index (χ3v) is 3.73. The molecule has 1 fully saturated rings. The van der Waals surface area contributed by atoms with Gasteiger partial charge in [-0.25, -0.2) is 4.39 Å². The molecule has 0 spiro atoms. The van der Waals surface area contributed by atoms with Crippen molar-refractivity contribution in [2.45, 2.75) is 19.8 Å². The summed E-state index contributed by atoms with van der Waals surface area (Å²) in [5.41, 5.74) is 7.53. The summed E-state index contributed by atoms with van der Waals surface area (Å²) < 4.78 is 13.9. The second kappa shape index (κ2) is 3.81. The van der Waals surface area contributed by atoms with E-state index in [9.17, 15) is 4.39 Å². The Kier molecular flexibility index (Phi) is 2.79. The van der Waals surface area contributed by atoms with E-state index in [1.165, 1.54) is 18.9 Å². The van der Waals surface area contributed by atoms with Crippen LogP contribution in [0.2, 0.25) is 0 Å². The van der Waals surface area contributed by atoms with Crippen molar-refractivity contribution in [2.75, 3.05) is 17.6 Å². The lowest BCUT2D eigenvalue weighted by molar-refractivity contribution is 0.606. The standard InChI is InChI=1S/C11H14FIN2/c1-11(2-3-11)6-15-10-4-7(12)8(13)5-9(10)14/h4-5,15H,2-3,6,14H2,1H3. The number of nitrogens with one attached hydrogen (secondary N) is 1. The van der Waals surface area contributed by atoms with E-state index in [-0.39, 0.29) is 5.82 Å². The first kappa shape index (κ1) is 11.0. The van der Waals surface area contributed by atoms with Crippen LogP contribution in [0.15, 0.2) is 12.1 Å². The van der Waals surface area contributed by atoms with Gasteiger partial charge in [-0.1, -0.05) is 6.92 Å². The van der Waals surface area contributed by atoms with Crippen molar-refractivity contribution >= 4 is 34.0 Å². The fraction of sp³-hybridized carbons (Fsp3) is 0.455. The Labute approximate surface area is 103 Å². The van der Waals surface area contributed by atoms with Gasteiger partial charge in [-0.3, -0.25) is 0 Å². The molecule has 0 bridgehead atoms. The Morgan fingerprint density at radius 1 is 1.53 bits per heavy atom. The topological polar surface area (TPSA) is 38.0 Å². The van der Waals surface area contributed by atoms with Crippen LogP contribution in [0.5, 0.6) is 0 Å². The number of nitrogen functional groups attached to an aromatic ring is 1. The maximum atomic E-state index is 13.3. The molecule has 1 aliphatic rings. The molecule has 0 aromatic heterocycles. The molecule has 0 radical (unpaired) electrons. The zero-order chi connectivity index (χ0) is 11.1. The lowest BCUT2D eigenvalue weighted by atomic mass is 10.1. The summed E-state index contributed by atoms with van der Waals surface area (Å²) in [6.45, 7) is 3.09. The molecule has 0 aliphatic heterocycles. The normalized spacial score (nSPS) is 17.5. The van der Waals surface area contributed by atoms with E-state index in [1.54, 1.807) is 6.07 Å². The lowest BCUT2D eigenvalue weighted by Crippen LogP contribution is -2.13. The van der Waals surface area contributed by atoms with E-state index in [4.69, 9.17) is 5.73 Å². The predicted molar refractivity (Wildman–Crippen MR) is 69.4 cm³/mol. The molecule has 82 valence electrons. The Hall–Kier alpha value is -0.520. The molecule has 1 aromatic carbocycles. The summed E-state index contributed by atoms with van der Waals surface area (Å²) in [4.78, 5) is 0. The van der Waals surface area contributed by atoms with Crippen LogP contribution in [-0.4, -0.2) is 6.54 Å². The highest BCUT2D eigenvalue weighted by Gasteiger charge is 2.36. The molecule has 1 aliphatic carbocycles. The second-order valence-electron chi connectivity index (χ2n) is 4.52. The maximum absolute atomic E-state index is 13.3. The minimum absolute atomic E-state index is 0.215. The molecule has 2 nitrogen and oxygen atoms in total. The van der Waals surface area contributed by atoms with Gasteiger partial charge in [0.25, 0.3) is 0 Å². The van der Waals surface area contributed by atoms with E-state index in [0.717, 1.165) is 6.54 Å². The average molecular weight is 320 g/mol. The Morgan fingerprint density at radius 2 is 2.20 bits per heavy atom. The zero-order valence-corrected chi connectivity index (χ0v) is 10.8. The van der Waals surface area contributed by atoms with Crippen LogP contribution in [-0.2, 0) is 0 Å². The smallest absolute Gasteiger partial charge is 0.138 e. The van der Waals surface area contributed by atoms with Gasteiger partial charge in [-0.2, -0.15) is 0 Å². The van der Waals surface area contributed by atoms with Crippen LogP contribution in [0.25, 0.3) is 0 Å². The van der Waals surface area contributed by atoms with E-state index in [0.29, 0.717) is 20.4 Å². The Morgan fingerprint density at radius 3 is 2.80 bits per heavy atom. The van der Waals surface area contributed by atoms with Crippen LogP contribution >= 0.6 is 22.6 Å². The molecular formula is C11H14FIN2. The van der Waals surface area contributed by atoms with E-state index >= 15 is 0 Å². The first-order chi connectivity index (χ1) is 7.00. The largest absolute Gasteiger partial charge is 0.397 e. The van der Waals surface area contributed by atoms with Gasteiger partial charge in [0, 0.05) is 12.6 Å². The fourth-order valence-electron chi connectivity index (χ4n) is 1.41. The molecule has 0 heterocycles. The molecule has 3 N–H and O–H groups in total. The molecule has 0 amide bonds. The zero-order valence-electron chi connectivity index (χ0n) is 8.61. The van der Waals surface area contributed by atoms with Gasteiger partial charge < -0.3 is 11.1 Å². The van der Waals surface area contributed by atoms with Crippen LogP contribution in [0.4, 0.5) is 15.8 Å². The number of halogens is 2. The number of benzene rings is 1. The first-order valence-corrected chi connectivity index (χ1v) is 6.06. The first-order valence-electron chi connectivity index (χ1n) is 4.99. The van der Waals surface area contributed by atoms with Crippen molar-refractivity contribution < 1.29 is 4.39 Å². The van der Waals surface area contributed by atoms with Crippen molar-refractivity contribution in [3.05, 3.63) is 21.5 Å². The second-order valence-corrected chi connectivity index (χ2v) is 5.68. The van der Waals surface area contributed by atoms with Gasteiger partial charge in [-0.15, -0.1) is 0 Å². The molecular weight excluding hydrogens is 306 g/mol. The number of rotatable bonds is 3. The van der Waals surface area contributed by atoms with Gasteiger partial charge >= 0.3 is 0 Å². The fourth-order valence-corrected chi connectivity index (χ4v) is 1.91. The van der Waals surface area contributed by atoms with Crippen LogP contribution in [0, 0.1) is 14.8 Å². The number of nitrogens with two attached hydrogens (primary N) is 1. The van der Waals surface area contributed by atoms with E-state index < -0.39 is 0 Å². The summed E-state index contributed by atoms with van der Waals surface area (Å²) in [7, 11) is 0. The Bertz CT molecular complexity index is 388. The number of hydrogen-bond donors (Lipinski definition) is 2. The molecule has 4 heteroatoms. The summed E-state index contributed by atoms with van der Waals surface area (Å²) in [5, 5.41) is 3.22. The van der Waals surface area contributed by atoms with Crippen LogP contribution < -0.4 is 11.1 Å². The number of hydrogen-bond acceptors (Lipinski definition) is 2. The predicted octanol–water partition coefficient (Wildman–Crippen LogP) is 3.22. The quantitative estimate of drug-likeness (QED) is 0.663. The third kappa shape index (κ3) is 2.53. The minimum atomic E-state index is -0.215. The maximum Gasteiger partial charge on any atom is 0.138 e. The molecule has 1 aromatic rings. The molecule has 15 heavy (non-hydrogen) atoms. The van der Waals surface area contributed by atoms with E-state index in [1.807, 2.05) is 22.6 Å². The Balaban J connectivity index is 2.10. The minimum Gasteiger partial charge on any atom is -0.397 e.